The van der Waals surface area contributed by atoms with E-state index >= 15 is 0 Å². The number of benzene rings is 1. The van der Waals surface area contributed by atoms with Crippen LogP contribution in [0.5, 0.6) is 0 Å². The fraction of sp³-hybridized carbons (Fsp3) is 0.278. The number of aromatic nitrogens is 4. The van der Waals surface area contributed by atoms with E-state index in [0.29, 0.717) is 17.3 Å². The number of hydrogen-bond donors (Lipinski definition) is 1. The minimum Gasteiger partial charge on any atom is -0.368 e. The Morgan fingerprint density at radius 2 is 1.85 bits per heavy atom. The van der Waals surface area contributed by atoms with Gasteiger partial charge in [-0.2, -0.15) is 4.98 Å². The van der Waals surface area contributed by atoms with E-state index in [1.54, 1.807) is 31.0 Å². The van der Waals surface area contributed by atoms with Crippen molar-refractivity contribution in [3.05, 3.63) is 53.3 Å². The predicted octanol–water partition coefficient (Wildman–Crippen LogP) is 2.56. The molecule has 2 heterocycles. The number of aryl methyl sites for hydroxylation is 2. The summed E-state index contributed by atoms with van der Waals surface area (Å²) in [5.74, 6) is 1.03. The van der Waals surface area contributed by atoms with Crippen LogP contribution in [0.1, 0.15) is 40.7 Å². The molecule has 0 aliphatic carbocycles. The molecule has 2 aromatic heterocycles. The molecule has 1 unspecified atom stereocenters. The molecule has 1 amide bonds. The molecule has 0 aliphatic rings. The van der Waals surface area contributed by atoms with Crippen LogP contribution >= 0.6 is 0 Å². The third-order valence-corrected chi connectivity index (χ3v) is 4.10. The zero-order valence-electron chi connectivity index (χ0n) is 15.1. The molecule has 0 spiro atoms. The number of anilines is 1. The van der Waals surface area contributed by atoms with E-state index in [2.05, 4.69) is 20.1 Å². The molecule has 0 saturated carbocycles. The Morgan fingerprint density at radius 3 is 2.42 bits per heavy atom. The molecule has 1 atom stereocenters. The van der Waals surface area contributed by atoms with Crippen LogP contribution in [0.3, 0.4) is 0 Å². The Kier molecular flexibility index (Phi) is 4.66. The van der Waals surface area contributed by atoms with Crippen molar-refractivity contribution in [3.63, 3.8) is 0 Å². The largest absolute Gasteiger partial charge is 0.368 e. The Hall–Kier alpha value is -3.29. The molecule has 3 aromatic rings. The zero-order chi connectivity index (χ0) is 18.8. The standard InChI is InChI=1S/C18H20N6O2/c1-10-9-15(22-18(19)20-10)13-5-7-14(8-6-13)17(25)24(4)11(2)16-21-12(3)23-26-16/h5-9,11H,1-4H3,(H2,19,20,22). The number of carbonyl (C=O) groups excluding carboxylic acids is 1. The molecule has 1 aromatic carbocycles. The van der Waals surface area contributed by atoms with Gasteiger partial charge < -0.3 is 15.2 Å². The number of carbonyl (C=O) groups is 1. The maximum atomic E-state index is 12.7. The van der Waals surface area contributed by atoms with Crippen LogP contribution in [-0.4, -0.2) is 38.0 Å². The molecular formula is C18H20N6O2. The normalized spacial score (nSPS) is 12.0. The van der Waals surface area contributed by atoms with Crippen molar-refractivity contribution in [1.29, 1.82) is 0 Å². The van der Waals surface area contributed by atoms with Gasteiger partial charge in [0.25, 0.3) is 5.91 Å². The molecule has 0 aliphatic heterocycles. The van der Waals surface area contributed by atoms with E-state index in [1.807, 2.05) is 32.0 Å². The minimum absolute atomic E-state index is 0.140. The van der Waals surface area contributed by atoms with Gasteiger partial charge in [-0.1, -0.05) is 17.3 Å². The van der Waals surface area contributed by atoms with Gasteiger partial charge in [-0.15, -0.1) is 0 Å². The molecule has 0 radical (unpaired) electrons. The quantitative estimate of drug-likeness (QED) is 0.768. The monoisotopic (exact) mass is 352 g/mol. The highest BCUT2D eigenvalue weighted by atomic mass is 16.5. The third-order valence-electron chi connectivity index (χ3n) is 4.10. The van der Waals surface area contributed by atoms with E-state index in [4.69, 9.17) is 10.3 Å². The van der Waals surface area contributed by atoms with Crippen LogP contribution in [0.15, 0.2) is 34.9 Å². The summed E-state index contributed by atoms with van der Waals surface area (Å²) >= 11 is 0. The van der Waals surface area contributed by atoms with E-state index in [-0.39, 0.29) is 17.9 Å². The van der Waals surface area contributed by atoms with E-state index in [1.165, 1.54) is 0 Å². The number of hydrogen-bond acceptors (Lipinski definition) is 7. The second kappa shape index (κ2) is 6.91. The van der Waals surface area contributed by atoms with E-state index < -0.39 is 0 Å². The van der Waals surface area contributed by atoms with Crippen LogP contribution in [0.4, 0.5) is 5.95 Å². The third kappa shape index (κ3) is 3.53. The molecule has 3 rings (SSSR count). The summed E-state index contributed by atoms with van der Waals surface area (Å²) in [7, 11) is 1.70. The number of nitrogens with two attached hydrogens (primary N) is 1. The van der Waals surface area contributed by atoms with Crippen LogP contribution in [0, 0.1) is 13.8 Å². The molecule has 134 valence electrons. The van der Waals surface area contributed by atoms with Gasteiger partial charge >= 0.3 is 0 Å². The van der Waals surface area contributed by atoms with Crippen molar-refractivity contribution in [2.24, 2.45) is 0 Å². The molecule has 8 nitrogen and oxygen atoms in total. The molecule has 0 bridgehead atoms. The zero-order valence-corrected chi connectivity index (χ0v) is 15.1. The second-order valence-electron chi connectivity index (χ2n) is 6.10. The lowest BCUT2D eigenvalue weighted by molar-refractivity contribution is 0.0716. The lowest BCUT2D eigenvalue weighted by Crippen LogP contribution is -2.29. The maximum absolute atomic E-state index is 12.7. The molecule has 0 fully saturated rings. The Labute approximate surface area is 151 Å². The fourth-order valence-corrected chi connectivity index (χ4v) is 2.55. The van der Waals surface area contributed by atoms with Gasteiger partial charge in [0.2, 0.25) is 11.8 Å². The predicted molar refractivity (Wildman–Crippen MR) is 96.2 cm³/mol. The van der Waals surface area contributed by atoms with Crippen LogP contribution in [0.2, 0.25) is 0 Å². The van der Waals surface area contributed by atoms with Gasteiger partial charge in [0, 0.05) is 23.9 Å². The van der Waals surface area contributed by atoms with Crippen molar-refractivity contribution < 1.29 is 9.32 Å². The van der Waals surface area contributed by atoms with Crippen LogP contribution in [0.25, 0.3) is 11.3 Å². The summed E-state index contributed by atoms with van der Waals surface area (Å²) in [4.78, 5) is 26.7. The van der Waals surface area contributed by atoms with Gasteiger partial charge in [0.05, 0.1) is 5.69 Å². The van der Waals surface area contributed by atoms with Crippen molar-refractivity contribution in [1.82, 2.24) is 25.0 Å². The number of amides is 1. The highest BCUT2D eigenvalue weighted by molar-refractivity contribution is 5.94. The Morgan fingerprint density at radius 1 is 1.15 bits per heavy atom. The lowest BCUT2D eigenvalue weighted by Gasteiger charge is -2.22. The molecule has 0 saturated heterocycles. The summed E-state index contributed by atoms with van der Waals surface area (Å²) in [5.41, 5.74) is 8.63. The maximum Gasteiger partial charge on any atom is 0.254 e. The van der Waals surface area contributed by atoms with Crippen molar-refractivity contribution in [3.8, 4) is 11.3 Å². The Balaban J connectivity index is 1.80. The highest BCUT2D eigenvalue weighted by Gasteiger charge is 2.23. The second-order valence-corrected chi connectivity index (χ2v) is 6.10. The van der Waals surface area contributed by atoms with Gasteiger partial charge in [0.15, 0.2) is 5.82 Å². The van der Waals surface area contributed by atoms with Crippen molar-refractivity contribution in [2.45, 2.75) is 26.8 Å². The molecule has 26 heavy (non-hydrogen) atoms. The first-order valence-electron chi connectivity index (χ1n) is 8.14. The van der Waals surface area contributed by atoms with E-state index in [0.717, 1.165) is 17.0 Å². The summed E-state index contributed by atoms with van der Waals surface area (Å²) < 4.78 is 5.15. The summed E-state index contributed by atoms with van der Waals surface area (Å²) in [5, 5.41) is 3.77. The smallest absolute Gasteiger partial charge is 0.254 e. The average Bonchev–Trinajstić information content (AvgIpc) is 3.05. The first-order chi connectivity index (χ1) is 12.3. The lowest BCUT2D eigenvalue weighted by atomic mass is 10.1. The van der Waals surface area contributed by atoms with Crippen molar-refractivity contribution in [2.75, 3.05) is 12.8 Å². The van der Waals surface area contributed by atoms with Gasteiger partial charge in [-0.05, 0) is 39.0 Å². The highest BCUT2D eigenvalue weighted by Crippen LogP contribution is 2.22. The SMILES string of the molecule is Cc1cc(-c2ccc(C(=O)N(C)C(C)c3nc(C)no3)cc2)nc(N)n1. The van der Waals surface area contributed by atoms with Gasteiger partial charge in [-0.3, -0.25) is 4.79 Å². The molecule has 2 N–H and O–H groups in total. The van der Waals surface area contributed by atoms with Crippen molar-refractivity contribution >= 4 is 11.9 Å². The van der Waals surface area contributed by atoms with E-state index in [9.17, 15) is 4.79 Å². The van der Waals surface area contributed by atoms with Gasteiger partial charge in [0.1, 0.15) is 6.04 Å². The number of nitrogens with zero attached hydrogens (tertiary/aromatic N) is 5. The van der Waals surface area contributed by atoms with Crippen LogP contribution < -0.4 is 5.73 Å². The Bertz CT molecular complexity index is 915. The first-order valence-corrected chi connectivity index (χ1v) is 8.14. The summed E-state index contributed by atoms with van der Waals surface area (Å²) in [6, 6.07) is 8.71. The molecular weight excluding hydrogens is 332 g/mol. The number of rotatable bonds is 4. The average molecular weight is 352 g/mol. The topological polar surface area (TPSA) is 111 Å². The summed E-state index contributed by atoms with van der Waals surface area (Å²) in [6.45, 7) is 5.43. The van der Waals surface area contributed by atoms with Crippen LogP contribution in [-0.2, 0) is 0 Å². The fourth-order valence-electron chi connectivity index (χ4n) is 2.55. The number of nitrogen functional groups attached to an aromatic ring is 1. The van der Waals surface area contributed by atoms with Gasteiger partial charge in [-0.25, -0.2) is 9.97 Å². The first kappa shape index (κ1) is 17.5. The summed E-state index contributed by atoms with van der Waals surface area (Å²) in [6.07, 6.45) is 0. The molecule has 8 heteroatoms. The minimum atomic E-state index is -0.326.